The molecule has 0 aliphatic rings. The number of carbonyl (C=O) groups excluding carboxylic acids is 1. The van der Waals surface area contributed by atoms with Crippen molar-refractivity contribution in [1.29, 1.82) is 0 Å². The van der Waals surface area contributed by atoms with Gasteiger partial charge in [-0.1, -0.05) is 30.8 Å². The van der Waals surface area contributed by atoms with Crippen LogP contribution >= 0.6 is 0 Å². The van der Waals surface area contributed by atoms with Gasteiger partial charge in [-0.15, -0.1) is 0 Å². The van der Waals surface area contributed by atoms with Crippen LogP contribution in [0.4, 0.5) is 4.39 Å². The van der Waals surface area contributed by atoms with Crippen LogP contribution in [0.25, 0.3) is 22.3 Å². The third kappa shape index (κ3) is 7.34. The molecule has 0 radical (unpaired) electrons. The molecule has 0 bridgehead atoms. The van der Waals surface area contributed by atoms with Gasteiger partial charge < -0.3 is 31.8 Å². The van der Waals surface area contributed by atoms with Gasteiger partial charge in [-0.25, -0.2) is 10.2 Å². The van der Waals surface area contributed by atoms with E-state index in [1.807, 2.05) is 62.0 Å². The van der Waals surface area contributed by atoms with Crippen molar-refractivity contribution >= 4 is 28.8 Å². The number of fused-ring (bicyclic) bond motifs is 1. The summed E-state index contributed by atoms with van der Waals surface area (Å²) in [6.07, 6.45) is 10.4. The van der Waals surface area contributed by atoms with E-state index in [1.54, 1.807) is 36.7 Å². The first kappa shape index (κ1) is 30.7. The van der Waals surface area contributed by atoms with Gasteiger partial charge in [0.05, 0.1) is 17.4 Å². The number of halogens is 1. The summed E-state index contributed by atoms with van der Waals surface area (Å²) in [7, 11) is 1.86. The first-order valence-electron chi connectivity index (χ1n) is 13.6. The van der Waals surface area contributed by atoms with Gasteiger partial charge in [-0.3, -0.25) is 9.78 Å². The number of aryl methyl sites for hydroxylation is 1. The number of rotatable bonds is 12. The summed E-state index contributed by atoms with van der Waals surface area (Å²) < 4.78 is 15.9. The van der Waals surface area contributed by atoms with E-state index in [9.17, 15) is 9.18 Å². The van der Waals surface area contributed by atoms with Crippen LogP contribution in [0.15, 0.2) is 102 Å². The van der Waals surface area contributed by atoms with Crippen molar-refractivity contribution in [1.82, 2.24) is 30.9 Å². The van der Waals surface area contributed by atoms with E-state index < -0.39 is 0 Å². The molecule has 43 heavy (non-hydrogen) atoms. The molecule has 2 heterocycles. The molecular formula is C32H36FN9O. The van der Waals surface area contributed by atoms with Gasteiger partial charge in [0.15, 0.2) is 5.84 Å². The summed E-state index contributed by atoms with van der Waals surface area (Å²) in [5.74, 6) is 10.9. The van der Waals surface area contributed by atoms with Gasteiger partial charge in [-0.2, -0.15) is 5.10 Å². The fraction of sp³-hybridized carbons (Fsp3) is 0.156. The molecule has 2 aromatic carbocycles. The van der Waals surface area contributed by atoms with Crippen LogP contribution in [0.5, 0.6) is 0 Å². The van der Waals surface area contributed by atoms with Crippen LogP contribution in [-0.2, 0) is 11.2 Å². The molecule has 0 fully saturated rings. The summed E-state index contributed by atoms with van der Waals surface area (Å²) in [5.41, 5.74) is 9.75. The van der Waals surface area contributed by atoms with E-state index in [4.69, 9.17) is 11.7 Å². The molecule has 0 saturated carbocycles. The minimum absolute atomic E-state index is 0.00104. The number of nitrogens with zero attached hydrogens (tertiary/aromatic N) is 3. The van der Waals surface area contributed by atoms with E-state index in [0.29, 0.717) is 29.9 Å². The van der Waals surface area contributed by atoms with Crippen molar-refractivity contribution in [3.63, 3.8) is 0 Å². The predicted octanol–water partition coefficient (Wildman–Crippen LogP) is 3.48. The number of nitrogens with two attached hydrogens (primary N) is 2. The summed E-state index contributed by atoms with van der Waals surface area (Å²) in [4.78, 5) is 16.0. The molecule has 1 amide bonds. The Morgan fingerprint density at radius 3 is 2.56 bits per heavy atom. The van der Waals surface area contributed by atoms with Gasteiger partial charge in [0.25, 0.3) is 0 Å². The molecule has 11 heteroatoms. The first-order chi connectivity index (χ1) is 20.8. The van der Waals surface area contributed by atoms with Crippen LogP contribution in [0.1, 0.15) is 29.2 Å². The molecule has 8 N–H and O–H groups in total. The normalized spacial score (nSPS) is 13.1. The quantitative estimate of drug-likeness (QED) is 0.0375. The van der Waals surface area contributed by atoms with E-state index in [1.165, 1.54) is 6.07 Å². The van der Waals surface area contributed by atoms with Crippen molar-refractivity contribution in [2.75, 3.05) is 7.05 Å². The maximum atomic E-state index is 13.9. The molecule has 0 aliphatic heterocycles. The molecule has 0 aliphatic carbocycles. The lowest BCUT2D eigenvalue weighted by Crippen LogP contribution is -2.32. The minimum Gasteiger partial charge on any atom is -0.361 e. The molecule has 222 valence electrons. The number of benzene rings is 2. The van der Waals surface area contributed by atoms with E-state index in [-0.39, 0.29) is 11.9 Å². The fourth-order valence-corrected chi connectivity index (χ4v) is 4.61. The van der Waals surface area contributed by atoms with E-state index in [0.717, 1.165) is 44.7 Å². The number of hydrogen-bond acceptors (Lipinski definition) is 7. The lowest BCUT2D eigenvalue weighted by atomic mass is 10.1. The van der Waals surface area contributed by atoms with Gasteiger partial charge in [0, 0.05) is 52.9 Å². The number of allylic oxidation sites excluding steroid dienone is 3. The SMILES string of the molecule is C=C(N/C(=C/C=C(\NC=O)c1ccc(/C(=N/N)NN)cc1)Cc1cncc(-n2cc(C)c3cc(F)ccc32)c1)[C@H](C)NC. The van der Waals surface area contributed by atoms with Crippen LogP contribution in [0, 0.1) is 12.7 Å². The van der Waals surface area contributed by atoms with E-state index >= 15 is 0 Å². The highest BCUT2D eigenvalue weighted by molar-refractivity contribution is 5.98. The summed E-state index contributed by atoms with van der Waals surface area (Å²) in [6.45, 7) is 8.15. The van der Waals surface area contributed by atoms with E-state index in [2.05, 4.69) is 38.0 Å². The Kier molecular flexibility index (Phi) is 10.0. The average Bonchev–Trinajstić information content (AvgIpc) is 3.35. The number of pyridine rings is 1. The Bertz CT molecular complexity index is 1700. The second-order valence-corrected chi connectivity index (χ2v) is 9.97. The van der Waals surface area contributed by atoms with Crippen molar-refractivity contribution in [3.05, 3.63) is 125 Å². The number of amidine groups is 1. The first-order valence-corrected chi connectivity index (χ1v) is 13.6. The van der Waals surface area contributed by atoms with Crippen molar-refractivity contribution in [3.8, 4) is 5.69 Å². The maximum Gasteiger partial charge on any atom is 0.211 e. The third-order valence-electron chi connectivity index (χ3n) is 7.10. The predicted molar refractivity (Wildman–Crippen MR) is 170 cm³/mol. The van der Waals surface area contributed by atoms with Crippen LogP contribution < -0.4 is 33.1 Å². The average molecular weight is 582 g/mol. The molecule has 1 atom stereocenters. The van der Waals surface area contributed by atoms with Crippen LogP contribution in [0.3, 0.4) is 0 Å². The standard InChI is InChI=1S/C32H36FN9O/c1-20-18-42(31-12-9-26(33)15-29(20)31)28-14-23(16-37-17-28)13-27(39-22(3)21(2)36-4)10-11-30(38-19-43)24-5-7-25(8-6-24)32(40-34)41-35/h5-12,14-19,21,36,39H,3,13,34-35H2,1-2,4H3,(H,38,43)(H,40,41)/b27-10+,30-11-/t21-/m0/s1. The van der Waals surface area contributed by atoms with Crippen molar-refractivity contribution in [2.45, 2.75) is 26.3 Å². The van der Waals surface area contributed by atoms with Crippen molar-refractivity contribution in [2.24, 2.45) is 16.8 Å². The second-order valence-electron chi connectivity index (χ2n) is 9.97. The number of hydrogen-bond donors (Lipinski definition) is 6. The molecule has 0 spiro atoms. The monoisotopic (exact) mass is 581 g/mol. The molecular weight excluding hydrogens is 545 g/mol. The molecule has 0 unspecified atom stereocenters. The summed E-state index contributed by atoms with van der Waals surface area (Å²) >= 11 is 0. The number of aromatic nitrogens is 2. The number of carbonyl (C=O) groups is 1. The lowest BCUT2D eigenvalue weighted by Gasteiger charge is -2.19. The number of amides is 1. The summed E-state index contributed by atoms with van der Waals surface area (Å²) in [5, 5.41) is 13.8. The number of hydrazine groups is 1. The second kappa shape index (κ2) is 14.1. The highest BCUT2D eigenvalue weighted by Crippen LogP contribution is 2.26. The number of nitrogens with one attached hydrogen (secondary N) is 4. The molecule has 4 aromatic rings. The molecule has 4 rings (SSSR count). The Labute approximate surface area is 250 Å². The fourth-order valence-electron chi connectivity index (χ4n) is 4.61. The molecule has 2 aromatic heterocycles. The van der Waals surface area contributed by atoms with Gasteiger partial charge in [0.2, 0.25) is 6.41 Å². The Balaban J connectivity index is 1.69. The maximum absolute atomic E-state index is 13.9. The largest absolute Gasteiger partial charge is 0.361 e. The van der Waals surface area contributed by atoms with Crippen LogP contribution in [0.2, 0.25) is 0 Å². The Morgan fingerprint density at radius 2 is 1.88 bits per heavy atom. The summed E-state index contributed by atoms with van der Waals surface area (Å²) in [6, 6.07) is 14.1. The smallest absolute Gasteiger partial charge is 0.211 e. The van der Waals surface area contributed by atoms with Crippen molar-refractivity contribution < 1.29 is 9.18 Å². The zero-order valence-corrected chi connectivity index (χ0v) is 24.4. The number of likely N-dealkylation sites (N-methyl/N-ethyl adjacent to an activating group) is 1. The third-order valence-corrected chi connectivity index (χ3v) is 7.10. The highest BCUT2D eigenvalue weighted by Gasteiger charge is 2.12. The van der Waals surface area contributed by atoms with Gasteiger partial charge in [0.1, 0.15) is 5.82 Å². The topological polar surface area (TPSA) is 147 Å². The molecule has 10 nitrogen and oxygen atoms in total. The van der Waals surface area contributed by atoms with Gasteiger partial charge in [-0.05, 0) is 74.0 Å². The Hall–Kier alpha value is -5.26. The zero-order chi connectivity index (χ0) is 30.9. The highest BCUT2D eigenvalue weighted by atomic mass is 19.1. The molecule has 0 saturated heterocycles. The van der Waals surface area contributed by atoms with Crippen LogP contribution in [-0.4, -0.2) is 34.9 Å². The zero-order valence-electron chi connectivity index (χ0n) is 24.4. The number of hydrazone groups is 1. The Morgan fingerprint density at radius 1 is 1.14 bits per heavy atom. The van der Waals surface area contributed by atoms with Gasteiger partial charge >= 0.3 is 0 Å². The lowest BCUT2D eigenvalue weighted by molar-refractivity contribution is -0.108. The minimum atomic E-state index is -0.272.